The molecule has 0 aliphatic rings. The lowest BCUT2D eigenvalue weighted by Crippen LogP contribution is -2.12. The van der Waals surface area contributed by atoms with Gasteiger partial charge in [0.1, 0.15) is 12.0 Å². The molecule has 2 heterocycles. The Balaban J connectivity index is 1.41. The van der Waals surface area contributed by atoms with Crippen molar-refractivity contribution in [1.29, 1.82) is 0 Å². The van der Waals surface area contributed by atoms with Gasteiger partial charge in [0.25, 0.3) is 5.91 Å². The third-order valence-corrected chi connectivity index (χ3v) is 4.32. The first-order valence-corrected chi connectivity index (χ1v) is 8.98. The summed E-state index contributed by atoms with van der Waals surface area (Å²) >= 11 is 0. The van der Waals surface area contributed by atoms with E-state index in [-0.39, 0.29) is 5.69 Å². The molecule has 0 aliphatic carbocycles. The zero-order chi connectivity index (χ0) is 20.2. The number of rotatable bonds is 6. The first-order chi connectivity index (χ1) is 14.1. The Hall–Kier alpha value is -3.94. The number of nitrogens with one attached hydrogen (secondary N) is 1. The van der Waals surface area contributed by atoms with E-state index in [4.69, 9.17) is 9.15 Å². The average Bonchev–Trinajstić information content (AvgIpc) is 3.40. The molecule has 2 aromatic heterocycles. The van der Waals surface area contributed by atoms with Crippen LogP contribution in [-0.2, 0) is 6.54 Å². The molecule has 0 saturated heterocycles. The Morgan fingerprint density at radius 3 is 2.62 bits per heavy atom. The van der Waals surface area contributed by atoms with Gasteiger partial charge in [0, 0.05) is 5.56 Å². The van der Waals surface area contributed by atoms with Gasteiger partial charge in [0.2, 0.25) is 5.89 Å². The minimum atomic E-state index is -0.420. The van der Waals surface area contributed by atoms with Gasteiger partial charge in [-0.25, -0.2) is 9.67 Å². The number of methoxy groups -OCH3 is 1. The zero-order valence-corrected chi connectivity index (χ0v) is 16.0. The maximum absolute atomic E-state index is 12.4. The number of aryl methyl sites for hydroxylation is 1. The highest BCUT2D eigenvalue weighted by Gasteiger charge is 2.15. The number of ether oxygens (including phenoxy) is 1. The van der Waals surface area contributed by atoms with Crippen LogP contribution in [0.5, 0.6) is 5.75 Å². The fraction of sp³-hybridized carbons (Fsp3) is 0.143. The fourth-order valence-corrected chi connectivity index (χ4v) is 2.74. The summed E-state index contributed by atoms with van der Waals surface area (Å²) in [6.07, 6.45) is 2.98. The van der Waals surface area contributed by atoms with Crippen LogP contribution in [0, 0.1) is 6.92 Å². The first kappa shape index (κ1) is 18.4. The van der Waals surface area contributed by atoms with Crippen molar-refractivity contribution in [2.75, 3.05) is 12.4 Å². The number of carbonyl (C=O) groups excluding carboxylic acids is 1. The third-order valence-electron chi connectivity index (χ3n) is 4.32. The molecule has 0 fully saturated rings. The Morgan fingerprint density at radius 1 is 1.14 bits per heavy atom. The third kappa shape index (κ3) is 4.32. The Morgan fingerprint density at radius 2 is 1.90 bits per heavy atom. The molecular formula is C21H19N5O3. The highest BCUT2D eigenvalue weighted by Crippen LogP contribution is 2.22. The Kier molecular flexibility index (Phi) is 5.07. The van der Waals surface area contributed by atoms with Crippen molar-refractivity contribution in [3.8, 4) is 17.2 Å². The lowest BCUT2D eigenvalue weighted by atomic mass is 10.1. The largest absolute Gasteiger partial charge is 0.497 e. The summed E-state index contributed by atoms with van der Waals surface area (Å²) in [5.41, 5.74) is 3.19. The topological polar surface area (TPSA) is 95.1 Å². The Labute approximate surface area is 167 Å². The van der Waals surface area contributed by atoms with E-state index in [0.29, 0.717) is 18.3 Å². The van der Waals surface area contributed by atoms with Crippen molar-refractivity contribution in [1.82, 2.24) is 20.0 Å². The molecule has 0 radical (unpaired) electrons. The number of carbonyl (C=O) groups is 1. The van der Waals surface area contributed by atoms with Gasteiger partial charge in [0.05, 0.1) is 19.9 Å². The van der Waals surface area contributed by atoms with Crippen LogP contribution in [0.15, 0.2) is 65.4 Å². The summed E-state index contributed by atoms with van der Waals surface area (Å²) in [5.74, 6) is 1.000. The number of oxazole rings is 1. The molecule has 1 N–H and O–H groups in total. The number of anilines is 1. The fourth-order valence-electron chi connectivity index (χ4n) is 2.74. The van der Waals surface area contributed by atoms with E-state index in [2.05, 4.69) is 20.6 Å². The zero-order valence-electron chi connectivity index (χ0n) is 16.0. The van der Waals surface area contributed by atoms with Gasteiger partial charge in [-0.15, -0.1) is 5.10 Å². The highest BCUT2D eigenvalue weighted by molar-refractivity contribution is 6.02. The van der Waals surface area contributed by atoms with Crippen molar-refractivity contribution < 1.29 is 13.9 Å². The van der Waals surface area contributed by atoms with Gasteiger partial charge in [-0.1, -0.05) is 35.0 Å². The molecule has 0 bridgehead atoms. The molecule has 0 aliphatic heterocycles. The number of hydrogen-bond donors (Lipinski definition) is 1. The van der Waals surface area contributed by atoms with Crippen LogP contribution in [0.2, 0.25) is 0 Å². The molecule has 0 atom stereocenters. The van der Waals surface area contributed by atoms with Crippen LogP contribution in [0.4, 0.5) is 5.82 Å². The second kappa shape index (κ2) is 7.97. The highest BCUT2D eigenvalue weighted by atomic mass is 16.5. The summed E-state index contributed by atoms with van der Waals surface area (Å²) in [5, 5.41) is 10.7. The molecule has 146 valence electrons. The van der Waals surface area contributed by atoms with E-state index < -0.39 is 5.91 Å². The maximum Gasteiger partial charge on any atom is 0.278 e. The van der Waals surface area contributed by atoms with Gasteiger partial charge in [0.15, 0.2) is 11.5 Å². The summed E-state index contributed by atoms with van der Waals surface area (Å²) in [7, 11) is 1.60. The molecule has 4 rings (SSSR count). The number of aromatic nitrogens is 4. The minimum Gasteiger partial charge on any atom is -0.497 e. The normalized spacial score (nSPS) is 10.7. The van der Waals surface area contributed by atoms with E-state index in [1.807, 2.05) is 43.3 Å². The predicted octanol–water partition coefficient (Wildman–Crippen LogP) is 3.55. The Bertz CT molecular complexity index is 1110. The van der Waals surface area contributed by atoms with Gasteiger partial charge < -0.3 is 14.5 Å². The van der Waals surface area contributed by atoms with Crippen molar-refractivity contribution in [3.63, 3.8) is 0 Å². The summed E-state index contributed by atoms with van der Waals surface area (Å²) in [4.78, 5) is 16.7. The number of benzene rings is 2. The number of hydrogen-bond acceptors (Lipinski definition) is 6. The molecular weight excluding hydrogens is 370 g/mol. The predicted molar refractivity (Wildman–Crippen MR) is 107 cm³/mol. The van der Waals surface area contributed by atoms with E-state index in [1.54, 1.807) is 30.1 Å². The van der Waals surface area contributed by atoms with Crippen molar-refractivity contribution in [2.45, 2.75) is 13.5 Å². The van der Waals surface area contributed by atoms with Gasteiger partial charge in [-0.05, 0) is 36.8 Å². The smallest absolute Gasteiger partial charge is 0.278 e. The molecule has 0 saturated carbocycles. The maximum atomic E-state index is 12.4. The van der Waals surface area contributed by atoms with Crippen LogP contribution in [-0.4, -0.2) is 33.0 Å². The van der Waals surface area contributed by atoms with Crippen LogP contribution < -0.4 is 10.1 Å². The van der Waals surface area contributed by atoms with E-state index in [1.165, 1.54) is 11.8 Å². The van der Waals surface area contributed by atoms with Crippen LogP contribution in [0.25, 0.3) is 11.5 Å². The van der Waals surface area contributed by atoms with E-state index in [9.17, 15) is 4.79 Å². The van der Waals surface area contributed by atoms with Gasteiger partial charge in [-0.2, -0.15) is 0 Å². The number of nitrogens with zero attached hydrogens (tertiary/aromatic N) is 4. The van der Waals surface area contributed by atoms with Crippen molar-refractivity contribution in [3.05, 3.63) is 77.8 Å². The molecule has 2 aromatic carbocycles. The molecule has 8 heteroatoms. The molecule has 29 heavy (non-hydrogen) atoms. The van der Waals surface area contributed by atoms with Crippen LogP contribution in [0.1, 0.15) is 21.6 Å². The monoisotopic (exact) mass is 389 g/mol. The van der Waals surface area contributed by atoms with Gasteiger partial charge in [-0.3, -0.25) is 4.79 Å². The van der Waals surface area contributed by atoms with Crippen LogP contribution >= 0.6 is 0 Å². The summed E-state index contributed by atoms with van der Waals surface area (Å²) in [6.45, 7) is 2.60. The molecule has 0 spiro atoms. The lowest BCUT2D eigenvalue weighted by Gasteiger charge is -2.01. The van der Waals surface area contributed by atoms with E-state index in [0.717, 1.165) is 16.9 Å². The minimum absolute atomic E-state index is 0.156. The number of amides is 1. The van der Waals surface area contributed by atoms with E-state index >= 15 is 0 Å². The lowest BCUT2D eigenvalue weighted by molar-refractivity contribution is 0.102. The quantitative estimate of drug-likeness (QED) is 0.542. The molecule has 1 amide bonds. The van der Waals surface area contributed by atoms with Crippen molar-refractivity contribution >= 4 is 11.7 Å². The molecule has 8 nitrogen and oxygen atoms in total. The second-order valence-corrected chi connectivity index (χ2v) is 6.51. The SMILES string of the molecule is COc1ccc(-c2nc(C(=O)Nc3cn(Cc4ccc(C)cc4)nn3)co2)cc1. The first-order valence-electron chi connectivity index (χ1n) is 8.98. The molecule has 4 aromatic rings. The summed E-state index contributed by atoms with van der Waals surface area (Å²) < 4.78 is 12.2. The second-order valence-electron chi connectivity index (χ2n) is 6.51. The summed E-state index contributed by atoms with van der Waals surface area (Å²) in [6, 6.07) is 15.4. The average molecular weight is 389 g/mol. The van der Waals surface area contributed by atoms with Crippen molar-refractivity contribution in [2.24, 2.45) is 0 Å². The standard InChI is InChI=1S/C21H19N5O3/c1-14-3-5-15(6-4-14)11-26-12-19(24-25-26)23-20(27)18-13-29-21(22-18)16-7-9-17(28-2)10-8-16/h3-10,12-13H,11H2,1-2H3,(H,23,27). The van der Waals surface area contributed by atoms with Gasteiger partial charge >= 0.3 is 0 Å². The molecule has 0 unspecified atom stereocenters. The van der Waals surface area contributed by atoms with Crippen LogP contribution in [0.3, 0.4) is 0 Å².